The number of rotatable bonds is 8. The Morgan fingerprint density at radius 1 is 0.867 bits per heavy atom. The van der Waals surface area contributed by atoms with Crippen LogP contribution in [0.15, 0.2) is 84.9 Å². The van der Waals surface area contributed by atoms with Gasteiger partial charge in [0.2, 0.25) is 11.8 Å². The summed E-state index contributed by atoms with van der Waals surface area (Å²) in [4.78, 5) is 27.6. The first kappa shape index (κ1) is 21.2. The molecular weight excluding hydrogens is 379 g/mol. The fraction of sp³-hybridized carbons (Fsp3) is 0.200. The summed E-state index contributed by atoms with van der Waals surface area (Å²) in [6, 6.07) is 24.4. The normalized spacial score (nSPS) is 11.5. The molecule has 0 bridgehead atoms. The van der Waals surface area contributed by atoms with Crippen LogP contribution in [0.1, 0.15) is 16.7 Å². The molecule has 5 heteroatoms. The van der Waals surface area contributed by atoms with E-state index in [9.17, 15) is 14.0 Å². The lowest BCUT2D eigenvalue weighted by Crippen LogP contribution is -2.50. The van der Waals surface area contributed by atoms with Crippen molar-refractivity contribution in [2.24, 2.45) is 0 Å². The minimum atomic E-state index is -0.756. The summed E-state index contributed by atoms with van der Waals surface area (Å²) in [7, 11) is 1.54. The largest absolute Gasteiger partial charge is 0.357 e. The van der Waals surface area contributed by atoms with E-state index < -0.39 is 11.9 Å². The Hall–Kier alpha value is -3.47. The first-order chi connectivity index (χ1) is 14.6. The van der Waals surface area contributed by atoms with Gasteiger partial charge in [-0.3, -0.25) is 9.59 Å². The SMILES string of the molecule is CNC(=O)[C@@H](Cc1ccccc1)N(Cc1ccccc1F)C(=O)Cc1ccccc1. The number of amides is 2. The average molecular weight is 404 g/mol. The van der Waals surface area contributed by atoms with Gasteiger partial charge in [0.1, 0.15) is 11.9 Å². The van der Waals surface area contributed by atoms with Gasteiger partial charge in [0.05, 0.1) is 6.42 Å². The zero-order valence-corrected chi connectivity index (χ0v) is 16.9. The quantitative estimate of drug-likeness (QED) is 0.622. The van der Waals surface area contributed by atoms with Crippen LogP contribution >= 0.6 is 0 Å². The number of benzene rings is 3. The fourth-order valence-corrected chi connectivity index (χ4v) is 3.40. The fourth-order valence-electron chi connectivity index (χ4n) is 3.40. The molecule has 30 heavy (non-hydrogen) atoms. The smallest absolute Gasteiger partial charge is 0.242 e. The molecule has 2 amide bonds. The van der Waals surface area contributed by atoms with Gasteiger partial charge in [0.25, 0.3) is 0 Å². The molecule has 0 aliphatic heterocycles. The van der Waals surface area contributed by atoms with Crippen molar-refractivity contribution in [3.63, 3.8) is 0 Å². The number of nitrogens with zero attached hydrogens (tertiary/aromatic N) is 1. The van der Waals surface area contributed by atoms with Crippen LogP contribution in [-0.4, -0.2) is 29.8 Å². The van der Waals surface area contributed by atoms with Gasteiger partial charge >= 0.3 is 0 Å². The number of carbonyl (C=O) groups is 2. The molecule has 0 radical (unpaired) electrons. The van der Waals surface area contributed by atoms with Crippen molar-refractivity contribution in [2.75, 3.05) is 7.05 Å². The number of hydrogen-bond acceptors (Lipinski definition) is 2. The Bertz CT molecular complexity index is 977. The van der Waals surface area contributed by atoms with Crippen LogP contribution in [0.5, 0.6) is 0 Å². The molecule has 0 saturated heterocycles. The predicted molar refractivity (Wildman–Crippen MR) is 115 cm³/mol. The standard InChI is InChI=1S/C25H25FN2O2/c1-27-25(30)23(16-19-10-4-2-5-11-19)28(18-21-14-8-9-15-22(21)26)24(29)17-20-12-6-3-7-13-20/h2-15,23H,16-18H2,1H3,(H,27,30)/t23-/m1/s1. The Balaban J connectivity index is 1.94. The molecule has 3 aromatic carbocycles. The van der Waals surface area contributed by atoms with Gasteiger partial charge < -0.3 is 10.2 Å². The molecule has 154 valence electrons. The molecule has 3 aromatic rings. The highest BCUT2D eigenvalue weighted by Gasteiger charge is 2.30. The zero-order chi connectivity index (χ0) is 21.3. The maximum Gasteiger partial charge on any atom is 0.242 e. The summed E-state index contributed by atoms with van der Waals surface area (Å²) in [5, 5.41) is 2.66. The second kappa shape index (κ2) is 10.3. The number of nitrogens with one attached hydrogen (secondary N) is 1. The van der Waals surface area contributed by atoms with E-state index in [-0.39, 0.29) is 24.8 Å². The first-order valence-electron chi connectivity index (χ1n) is 9.91. The van der Waals surface area contributed by atoms with Gasteiger partial charge in [-0.15, -0.1) is 0 Å². The Morgan fingerprint density at radius 3 is 2.03 bits per heavy atom. The molecule has 0 aliphatic carbocycles. The summed E-state index contributed by atoms with van der Waals surface area (Å²) >= 11 is 0. The lowest BCUT2D eigenvalue weighted by molar-refractivity contribution is -0.140. The van der Waals surface area contributed by atoms with E-state index in [1.165, 1.54) is 11.0 Å². The highest BCUT2D eigenvalue weighted by atomic mass is 19.1. The number of halogens is 1. The maximum atomic E-state index is 14.4. The maximum absolute atomic E-state index is 14.4. The summed E-state index contributed by atoms with van der Waals surface area (Å²) in [5.41, 5.74) is 2.15. The van der Waals surface area contributed by atoms with Crippen molar-refractivity contribution < 1.29 is 14.0 Å². The van der Waals surface area contributed by atoms with Crippen molar-refractivity contribution in [2.45, 2.75) is 25.4 Å². The third-order valence-electron chi connectivity index (χ3n) is 5.01. The van der Waals surface area contributed by atoms with Gasteiger partial charge in [-0.1, -0.05) is 78.9 Å². The third-order valence-corrected chi connectivity index (χ3v) is 5.01. The monoisotopic (exact) mass is 404 g/mol. The Labute approximate surface area is 176 Å². The molecule has 1 atom stereocenters. The van der Waals surface area contributed by atoms with Gasteiger partial charge in [0, 0.05) is 25.6 Å². The minimum Gasteiger partial charge on any atom is -0.357 e. The summed E-state index contributed by atoms with van der Waals surface area (Å²) in [6.07, 6.45) is 0.479. The topological polar surface area (TPSA) is 49.4 Å². The molecular formula is C25H25FN2O2. The van der Waals surface area contributed by atoms with Crippen molar-refractivity contribution in [3.05, 3.63) is 107 Å². The van der Waals surface area contributed by atoms with Gasteiger partial charge in [-0.05, 0) is 17.2 Å². The molecule has 0 heterocycles. The molecule has 1 N–H and O–H groups in total. The second-order valence-electron chi connectivity index (χ2n) is 7.10. The van der Waals surface area contributed by atoms with E-state index in [1.807, 2.05) is 60.7 Å². The molecule has 0 saturated carbocycles. The summed E-state index contributed by atoms with van der Waals surface area (Å²) in [5.74, 6) is -0.907. The predicted octanol–water partition coefficient (Wildman–Crippen LogP) is 3.75. The molecule has 0 fully saturated rings. The van der Waals surface area contributed by atoms with Crippen molar-refractivity contribution >= 4 is 11.8 Å². The van der Waals surface area contributed by atoms with Crippen LogP contribution < -0.4 is 5.32 Å². The molecule has 0 aliphatic rings. The van der Waals surface area contributed by atoms with Crippen molar-refractivity contribution in [3.8, 4) is 0 Å². The highest BCUT2D eigenvalue weighted by molar-refractivity contribution is 5.88. The minimum absolute atomic E-state index is 0.0171. The number of hydrogen-bond donors (Lipinski definition) is 1. The van der Waals surface area contributed by atoms with Crippen LogP contribution in [0.25, 0.3) is 0 Å². The lowest BCUT2D eigenvalue weighted by Gasteiger charge is -2.31. The van der Waals surface area contributed by atoms with E-state index in [2.05, 4.69) is 5.32 Å². The van der Waals surface area contributed by atoms with Crippen LogP contribution in [0.2, 0.25) is 0 Å². The number of likely N-dealkylation sites (N-methyl/N-ethyl adjacent to an activating group) is 1. The van der Waals surface area contributed by atoms with Crippen LogP contribution in [0.3, 0.4) is 0 Å². The van der Waals surface area contributed by atoms with E-state index in [0.717, 1.165) is 11.1 Å². The van der Waals surface area contributed by atoms with Gasteiger partial charge in [0.15, 0.2) is 0 Å². The van der Waals surface area contributed by atoms with Gasteiger partial charge in [-0.2, -0.15) is 0 Å². The summed E-state index contributed by atoms with van der Waals surface area (Å²) in [6.45, 7) is 0.0171. The molecule has 3 rings (SSSR count). The molecule has 0 spiro atoms. The van der Waals surface area contributed by atoms with Crippen LogP contribution in [0, 0.1) is 5.82 Å². The van der Waals surface area contributed by atoms with Crippen molar-refractivity contribution in [1.29, 1.82) is 0 Å². The molecule has 0 unspecified atom stereocenters. The molecule has 0 aromatic heterocycles. The number of carbonyl (C=O) groups excluding carboxylic acids is 2. The van der Waals surface area contributed by atoms with E-state index in [4.69, 9.17) is 0 Å². The van der Waals surface area contributed by atoms with Crippen LogP contribution in [-0.2, 0) is 29.0 Å². The lowest BCUT2D eigenvalue weighted by atomic mass is 10.0. The van der Waals surface area contributed by atoms with Crippen LogP contribution in [0.4, 0.5) is 4.39 Å². The highest BCUT2D eigenvalue weighted by Crippen LogP contribution is 2.18. The average Bonchev–Trinajstić information content (AvgIpc) is 2.78. The molecule has 4 nitrogen and oxygen atoms in total. The second-order valence-corrected chi connectivity index (χ2v) is 7.10. The Kier molecular flexibility index (Phi) is 7.33. The summed E-state index contributed by atoms with van der Waals surface area (Å²) < 4.78 is 14.4. The first-order valence-corrected chi connectivity index (χ1v) is 9.91. The third kappa shape index (κ3) is 5.54. The van der Waals surface area contributed by atoms with Crippen molar-refractivity contribution in [1.82, 2.24) is 10.2 Å². The van der Waals surface area contributed by atoms with E-state index in [1.54, 1.807) is 25.2 Å². The van der Waals surface area contributed by atoms with E-state index >= 15 is 0 Å². The Morgan fingerprint density at radius 2 is 1.43 bits per heavy atom. The van der Waals surface area contributed by atoms with Gasteiger partial charge in [-0.25, -0.2) is 4.39 Å². The zero-order valence-electron chi connectivity index (χ0n) is 16.9. The van der Waals surface area contributed by atoms with E-state index in [0.29, 0.717) is 12.0 Å².